The fourth-order valence-corrected chi connectivity index (χ4v) is 1.35. The van der Waals surface area contributed by atoms with Gasteiger partial charge in [-0.25, -0.2) is 0 Å². The first-order chi connectivity index (χ1) is 6.56. The van der Waals surface area contributed by atoms with E-state index < -0.39 is 0 Å². The predicted octanol–water partition coefficient (Wildman–Crippen LogP) is 3.63. The quantitative estimate of drug-likeness (QED) is 0.585. The van der Waals surface area contributed by atoms with E-state index in [0.29, 0.717) is 6.04 Å². The van der Waals surface area contributed by atoms with Crippen molar-refractivity contribution < 1.29 is 0 Å². The van der Waals surface area contributed by atoms with E-state index in [9.17, 15) is 0 Å². The van der Waals surface area contributed by atoms with Crippen molar-refractivity contribution in [3.8, 4) is 0 Å². The predicted molar refractivity (Wildman–Crippen MR) is 65.6 cm³/mol. The largest absolute Gasteiger partial charge is 0.297 e. The van der Waals surface area contributed by atoms with Gasteiger partial charge in [0.2, 0.25) is 0 Å². The molecule has 0 aliphatic heterocycles. The lowest BCUT2D eigenvalue weighted by atomic mass is 10.0. The highest BCUT2D eigenvalue weighted by molar-refractivity contribution is 5.18. The third-order valence-electron chi connectivity index (χ3n) is 2.85. The molecule has 82 valence electrons. The maximum absolute atomic E-state index is 4.14. The molecule has 0 radical (unpaired) electrons. The van der Waals surface area contributed by atoms with Crippen molar-refractivity contribution >= 4 is 0 Å². The van der Waals surface area contributed by atoms with Crippen molar-refractivity contribution in [1.29, 1.82) is 0 Å². The average molecular weight is 195 g/mol. The van der Waals surface area contributed by atoms with Gasteiger partial charge in [-0.2, -0.15) is 0 Å². The highest BCUT2D eigenvalue weighted by Gasteiger charge is 2.12. The Kier molecular flexibility index (Phi) is 6.56. The Bertz CT molecular complexity index is 203. The average Bonchev–Trinajstić information content (AvgIpc) is 2.23. The lowest BCUT2D eigenvalue weighted by molar-refractivity contribution is 0.322. The molecule has 1 heteroatoms. The van der Waals surface area contributed by atoms with Crippen molar-refractivity contribution in [1.82, 2.24) is 4.90 Å². The number of allylic oxidation sites excluding steroid dienone is 1. The van der Waals surface area contributed by atoms with Gasteiger partial charge < -0.3 is 0 Å². The number of rotatable bonds is 6. The molecule has 1 atom stereocenters. The van der Waals surface area contributed by atoms with Crippen LogP contribution >= 0.6 is 0 Å². The fraction of sp³-hybridized carbons (Fsp3) is 0.692. The third-order valence-corrected chi connectivity index (χ3v) is 2.85. The normalized spacial score (nSPS) is 14.6. The van der Waals surface area contributed by atoms with Gasteiger partial charge in [-0.05, 0) is 33.4 Å². The van der Waals surface area contributed by atoms with Crippen molar-refractivity contribution in [2.45, 2.75) is 46.6 Å². The molecule has 0 unspecified atom stereocenters. The Morgan fingerprint density at radius 1 is 1.29 bits per heavy atom. The van der Waals surface area contributed by atoms with E-state index in [2.05, 4.69) is 52.3 Å². The Morgan fingerprint density at radius 2 is 1.86 bits per heavy atom. The van der Waals surface area contributed by atoms with Crippen molar-refractivity contribution in [3.63, 3.8) is 0 Å². The molecule has 14 heavy (non-hydrogen) atoms. The summed E-state index contributed by atoms with van der Waals surface area (Å²) in [5.74, 6) is 0. The van der Waals surface area contributed by atoms with Crippen molar-refractivity contribution in [3.05, 3.63) is 23.8 Å². The van der Waals surface area contributed by atoms with Crippen LogP contribution in [-0.2, 0) is 0 Å². The van der Waals surface area contributed by atoms with Crippen LogP contribution in [0.3, 0.4) is 0 Å². The van der Waals surface area contributed by atoms with Crippen molar-refractivity contribution in [2.75, 3.05) is 13.6 Å². The van der Waals surface area contributed by atoms with E-state index in [1.165, 1.54) is 11.1 Å². The topological polar surface area (TPSA) is 3.24 Å². The molecule has 0 saturated heterocycles. The van der Waals surface area contributed by atoms with Crippen LogP contribution in [-0.4, -0.2) is 24.5 Å². The van der Waals surface area contributed by atoms with E-state index in [1.807, 2.05) is 0 Å². The van der Waals surface area contributed by atoms with Gasteiger partial charge in [0.25, 0.3) is 0 Å². The van der Waals surface area contributed by atoms with Crippen LogP contribution in [0.25, 0.3) is 0 Å². The first-order valence-corrected chi connectivity index (χ1v) is 5.61. The minimum atomic E-state index is 0.421. The van der Waals surface area contributed by atoms with Gasteiger partial charge in [-0.15, -0.1) is 0 Å². The Morgan fingerprint density at radius 3 is 2.21 bits per heavy atom. The van der Waals surface area contributed by atoms with Gasteiger partial charge in [-0.1, -0.05) is 44.6 Å². The standard InChI is InChI=1S/C13H25N/c1-7-11(4)10-13(12(5)8-2)14(6)9-3/h10,13H,5,7-9H2,1-4,6H3/b11-10-/t13-/m0/s1. The highest BCUT2D eigenvalue weighted by atomic mass is 15.1. The van der Waals surface area contributed by atoms with Crippen LogP contribution in [0.2, 0.25) is 0 Å². The van der Waals surface area contributed by atoms with Gasteiger partial charge in [-0.3, -0.25) is 4.90 Å². The molecule has 0 bridgehead atoms. The monoisotopic (exact) mass is 195 g/mol. The summed E-state index contributed by atoms with van der Waals surface area (Å²) in [6.07, 6.45) is 4.53. The first kappa shape index (κ1) is 13.4. The van der Waals surface area contributed by atoms with Crippen molar-refractivity contribution in [2.24, 2.45) is 0 Å². The molecule has 0 spiro atoms. The SMILES string of the molecule is C=C(CC)[C@H](/C=C(/C)CC)N(C)CC. The minimum Gasteiger partial charge on any atom is -0.297 e. The molecular weight excluding hydrogens is 170 g/mol. The Balaban J connectivity index is 4.64. The summed E-state index contributed by atoms with van der Waals surface area (Å²) >= 11 is 0. The van der Waals surface area contributed by atoms with Gasteiger partial charge in [0.1, 0.15) is 0 Å². The molecule has 0 rings (SSSR count). The molecule has 0 aromatic rings. The van der Waals surface area contributed by atoms with Gasteiger partial charge in [0.05, 0.1) is 0 Å². The summed E-state index contributed by atoms with van der Waals surface area (Å²) in [6, 6.07) is 0.421. The summed E-state index contributed by atoms with van der Waals surface area (Å²) < 4.78 is 0. The van der Waals surface area contributed by atoms with Crippen LogP contribution in [0.5, 0.6) is 0 Å². The van der Waals surface area contributed by atoms with E-state index >= 15 is 0 Å². The molecule has 0 aliphatic carbocycles. The zero-order valence-electron chi connectivity index (χ0n) is 10.4. The summed E-state index contributed by atoms with van der Waals surface area (Å²) in [4.78, 5) is 2.34. The minimum absolute atomic E-state index is 0.421. The number of hydrogen-bond donors (Lipinski definition) is 0. The molecule has 0 amide bonds. The van der Waals surface area contributed by atoms with E-state index in [-0.39, 0.29) is 0 Å². The van der Waals surface area contributed by atoms with Crippen LogP contribution in [0, 0.1) is 0 Å². The molecule has 0 aromatic carbocycles. The molecule has 0 fully saturated rings. The second-order valence-electron chi connectivity index (χ2n) is 3.90. The summed E-state index contributed by atoms with van der Waals surface area (Å²) in [5, 5.41) is 0. The zero-order chi connectivity index (χ0) is 11.1. The molecule has 0 aromatic heterocycles. The fourth-order valence-electron chi connectivity index (χ4n) is 1.35. The molecule has 0 heterocycles. The summed E-state index contributed by atoms with van der Waals surface area (Å²) in [7, 11) is 2.16. The number of hydrogen-bond acceptors (Lipinski definition) is 1. The smallest absolute Gasteiger partial charge is 0.0487 e. The summed E-state index contributed by atoms with van der Waals surface area (Å²) in [6.45, 7) is 14.0. The lowest BCUT2D eigenvalue weighted by Crippen LogP contribution is -2.31. The maximum Gasteiger partial charge on any atom is 0.0487 e. The van der Waals surface area contributed by atoms with Gasteiger partial charge in [0.15, 0.2) is 0 Å². The second kappa shape index (κ2) is 6.83. The van der Waals surface area contributed by atoms with E-state index in [1.54, 1.807) is 0 Å². The van der Waals surface area contributed by atoms with Crippen LogP contribution in [0.1, 0.15) is 40.5 Å². The first-order valence-electron chi connectivity index (χ1n) is 5.61. The van der Waals surface area contributed by atoms with Gasteiger partial charge in [0, 0.05) is 6.04 Å². The van der Waals surface area contributed by atoms with Crippen LogP contribution in [0.4, 0.5) is 0 Å². The molecule has 0 aliphatic rings. The van der Waals surface area contributed by atoms with Crippen LogP contribution < -0.4 is 0 Å². The third kappa shape index (κ3) is 4.10. The second-order valence-corrected chi connectivity index (χ2v) is 3.90. The lowest BCUT2D eigenvalue weighted by Gasteiger charge is -2.26. The van der Waals surface area contributed by atoms with E-state index in [4.69, 9.17) is 0 Å². The van der Waals surface area contributed by atoms with E-state index in [0.717, 1.165) is 19.4 Å². The Hall–Kier alpha value is -0.560. The molecule has 0 saturated carbocycles. The number of likely N-dealkylation sites (N-methyl/N-ethyl adjacent to an activating group) is 1. The highest BCUT2D eigenvalue weighted by Crippen LogP contribution is 2.15. The number of nitrogens with zero attached hydrogens (tertiary/aromatic N) is 1. The molecule has 1 nitrogen and oxygen atoms in total. The van der Waals surface area contributed by atoms with Gasteiger partial charge >= 0.3 is 0 Å². The molecular formula is C13H25N. The molecule has 0 N–H and O–H groups in total. The zero-order valence-corrected chi connectivity index (χ0v) is 10.4. The Labute approximate surface area is 89.5 Å². The summed E-state index contributed by atoms with van der Waals surface area (Å²) in [5.41, 5.74) is 2.76. The van der Waals surface area contributed by atoms with Crippen LogP contribution in [0.15, 0.2) is 23.8 Å². The maximum atomic E-state index is 4.14.